The van der Waals surface area contributed by atoms with Crippen molar-refractivity contribution < 1.29 is 4.79 Å². The van der Waals surface area contributed by atoms with Gasteiger partial charge in [-0.3, -0.25) is 14.2 Å². The van der Waals surface area contributed by atoms with Crippen LogP contribution in [0.3, 0.4) is 0 Å². The van der Waals surface area contributed by atoms with E-state index in [9.17, 15) is 9.59 Å². The first-order valence-electron chi connectivity index (χ1n) is 8.81. The Labute approximate surface area is 148 Å². The molecule has 0 N–H and O–H groups in total. The van der Waals surface area contributed by atoms with Crippen molar-refractivity contribution in [3.05, 3.63) is 40.4 Å². The van der Waals surface area contributed by atoms with Gasteiger partial charge in [-0.05, 0) is 38.6 Å². The molecule has 1 saturated heterocycles. The van der Waals surface area contributed by atoms with Crippen molar-refractivity contribution in [1.82, 2.24) is 19.4 Å². The first-order valence-corrected chi connectivity index (χ1v) is 8.81. The van der Waals surface area contributed by atoms with Crippen molar-refractivity contribution >= 4 is 16.8 Å². The molecule has 3 rings (SSSR count). The molecule has 25 heavy (non-hydrogen) atoms. The maximum Gasteiger partial charge on any atom is 0.261 e. The lowest BCUT2D eigenvalue weighted by molar-refractivity contribution is -0.131. The molecule has 2 aromatic rings. The van der Waals surface area contributed by atoms with E-state index in [2.05, 4.69) is 30.9 Å². The molecule has 1 fully saturated rings. The van der Waals surface area contributed by atoms with Crippen molar-refractivity contribution in [2.75, 3.05) is 27.2 Å². The van der Waals surface area contributed by atoms with Crippen LogP contribution < -0.4 is 5.56 Å². The van der Waals surface area contributed by atoms with Crippen LogP contribution in [-0.2, 0) is 11.3 Å². The second kappa shape index (κ2) is 6.96. The average Bonchev–Trinajstić information content (AvgIpc) is 3.03. The molecule has 2 heterocycles. The van der Waals surface area contributed by atoms with E-state index in [0.717, 1.165) is 25.1 Å². The summed E-state index contributed by atoms with van der Waals surface area (Å²) in [4.78, 5) is 33.8. The number of nitrogens with zero attached hydrogens (tertiary/aromatic N) is 4. The highest BCUT2D eigenvalue weighted by atomic mass is 16.2. The van der Waals surface area contributed by atoms with Crippen LogP contribution in [0.25, 0.3) is 10.9 Å². The maximum atomic E-state index is 12.7. The molecule has 1 aliphatic heterocycles. The minimum absolute atomic E-state index is 0.0151. The van der Waals surface area contributed by atoms with E-state index < -0.39 is 0 Å². The Morgan fingerprint density at radius 2 is 2.08 bits per heavy atom. The summed E-state index contributed by atoms with van der Waals surface area (Å²) in [5.41, 5.74) is 1.51. The van der Waals surface area contributed by atoms with E-state index >= 15 is 0 Å². The van der Waals surface area contributed by atoms with Gasteiger partial charge in [0.2, 0.25) is 5.91 Å². The number of hydrogen-bond donors (Lipinski definition) is 0. The Balaban J connectivity index is 1.81. The van der Waals surface area contributed by atoms with Crippen LogP contribution in [0.5, 0.6) is 0 Å². The van der Waals surface area contributed by atoms with Gasteiger partial charge in [0.25, 0.3) is 5.56 Å². The average molecular weight is 342 g/mol. The number of carbonyl (C=O) groups excluding carboxylic acids is 1. The van der Waals surface area contributed by atoms with E-state index in [1.807, 2.05) is 24.0 Å². The maximum absolute atomic E-state index is 12.7. The highest BCUT2D eigenvalue weighted by Crippen LogP contribution is 2.23. The van der Waals surface area contributed by atoms with Crippen LogP contribution >= 0.6 is 0 Å². The largest absolute Gasteiger partial charge is 0.339 e. The molecular formula is C19H26N4O2. The fourth-order valence-corrected chi connectivity index (χ4v) is 3.74. The molecule has 134 valence electrons. The van der Waals surface area contributed by atoms with E-state index in [1.165, 1.54) is 10.9 Å². The van der Waals surface area contributed by atoms with E-state index in [-0.39, 0.29) is 18.0 Å². The predicted octanol–water partition coefficient (Wildman–Crippen LogP) is 1.50. The van der Waals surface area contributed by atoms with Crippen LogP contribution in [0.2, 0.25) is 0 Å². The third kappa shape index (κ3) is 3.31. The molecule has 0 spiro atoms. The minimum atomic E-state index is -0.155. The summed E-state index contributed by atoms with van der Waals surface area (Å²) in [5, 5.41) is 0.564. The lowest BCUT2D eigenvalue weighted by atomic mass is 10.0. The fourth-order valence-electron chi connectivity index (χ4n) is 3.74. The third-order valence-corrected chi connectivity index (χ3v) is 5.31. The molecule has 0 aliphatic carbocycles. The summed E-state index contributed by atoms with van der Waals surface area (Å²) in [5.74, 6) is 0.465. The van der Waals surface area contributed by atoms with Gasteiger partial charge in [-0.2, -0.15) is 0 Å². The van der Waals surface area contributed by atoms with Crippen molar-refractivity contribution in [3.8, 4) is 0 Å². The third-order valence-electron chi connectivity index (χ3n) is 5.31. The number of amides is 1. The quantitative estimate of drug-likeness (QED) is 0.845. The molecule has 1 aromatic heterocycles. The van der Waals surface area contributed by atoms with E-state index in [1.54, 1.807) is 6.07 Å². The van der Waals surface area contributed by atoms with Crippen LogP contribution in [0.4, 0.5) is 0 Å². The topological polar surface area (TPSA) is 58.4 Å². The molecule has 2 unspecified atom stereocenters. The molecular weight excluding hydrogens is 316 g/mol. The van der Waals surface area contributed by atoms with E-state index in [4.69, 9.17) is 0 Å². The second-order valence-electron chi connectivity index (χ2n) is 7.15. The van der Waals surface area contributed by atoms with Crippen LogP contribution in [0.15, 0.2) is 29.3 Å². The van der Waals surface area contributed by atoms with Crippen molar-refractivity contribution in [3.63, 3.8) is 0 Å². The van der Waals surface area contributed by atoms with Gasteiger partial charge in [0.15, 0.2) is 0 Å². The van der Waals surface area contributed by atoms with Gasteiger partial charge in [-0.15, -0.1) is 0 Å². The number of benzene rings is 1. The highest BCUT2D eigenvalue weighted by Gasteiger charge is 2.35. The number of likely N-dealkylation sites (N-methyl/N-ethyl adjacent to an activating group) is 1. The summed E-state index contributed by atoms with van der Waals surface area (Å²) in [6, 6.07) is 5.92. The molecule has 1 amide bonds. The summed E-state index contributed by atoms with van der Waals surface area (Å²) in [7, 11) is 4.11. The Bertz CT molecular complexity index is 843. The van der Waals surface area contributed by atoms with Gasteiger partial charge in [0.1, 0.15) is 6.54 Å². The summed E-state index contributed by atoms with van der Waals surface area (Å²) in [6.07, 6.45) is 2.54. The van der Waals surface area contributed by atoms with Crippen molar-refractivity contribution in [1.29, 1.82) is 0 Å². The number of carbonyl (C=O) groups is 1. The van der Waals surface area contributed by atoms with Gasteiger partial charge >= 0.3 is 0 Å². The molecule has 1 aliphatic rings. The number of fused-ring (bicyclic) bond motifs is 1. The molecule has 1 aromatic carbocycles. The van der Waals surface area contributed by atoms with Crippen molar-refractivity contribution in [2.45, 2.75) is 32.9 Å². The van der Waals surface area contributed by atoms with Gasteiger partial charge in [-0.1, -0.05) is 25.5 Å². The lowest BCUT2D eigenvalue weighted by Crippen LogP contribution is -2.38. The van der Waals surface area contributed by atoms with Gasteiger partial charge in [0.05, 0.1) is 17.2 Å². The smallest absolute Gasteiger partial charge is 0.261 e. The molecule has 0 saturated carbocycles. The molecule has 0 radical (unpaired) electrons. The Morgan fingerprint density at radius 3 is 2.72 bits per heavy atom. The molecule has 0 bridgehead atoms. The summed E-state index contributed by atoms with van der Waals surface area (Å²) in [6.45, 7) is 5.62. The number of aromatic nitrogens is 2. The molecule has 6 nitrogen and oxygen atoms in total. The minimum Gasteiger partial charge on any atom is -0.339 e. The zero-order valence-corrected chi connectivity index (χ0v) is 15.4. The van der Waals surface area contributed by atoms with Crippen LogP contribution in [0.1, 0.15) is 18.9 Å². The number of likely N-dealkylation sites (tertiary alicyclic amines) is 1. The van der Waals surface area contributed by atoms with Gasteiger partial charge in [0, 0.05) is 19.1 Å². The monoisotopic (exact) mass is 342 g/mol. The number of para-hydroxylation sites is 1. The predicted molar refractivity (Wildman–Crippen MR) is 98.6 cm³/mol. The first kappa shape index (κ1) is 17.6. The first-order chi connectivity index (χ1) is 11.9. The molecule has 6 heteroatoms. The Kier molecular flexibility index (Phi) is 4.90. The standard InChI is InChI=1S/C19H26N4O2/c1-5-14-9-22(10-16(14)21(3)4)17(24)11-23-12-20-18-13(2)7-6-8-15(18)19(23)25/h6-8,12,14,16H,5,9-11H2,1-4H3. The number of aryl methyl sites for hydroxylation is 1. The van der Waals surface area contributed by atoms with Gasteiger partial charge in [-0.25, -0.2) is 4.98 Å². The summed E-state index contributed by atoms with van der Waals surface area (Å²) >= 11 is 0. The number of hydrogen-bond acceptors (Lipinski definition) is 4. The fraction of sp³-hybridized carbons (Fsp3) is 0.526. The SMILES string of the molecule is CCC1CN(C(=O)Cn2cnc3c(C)cccc3c2=O)CC1N(C)C. The summed E-state index contributed by atoms with van der Waals surface area (Å²) < 4.78 is 1.42. The Morgan fingerprint density at radius 1 is 1.32 bits per heavy atom. The highest BCUT2D eigenvalue weighted by molar-refractivity contribution is 5.81. The second-order valence-corrected chi connectivity index (χ2v) is 7.15. The Hall–Kier alpha value is -2.21. The zero-order valence-electron chi connectivity index (χ0n) is 15.4. The van der Waals surface area contributed by atoms with Gasteiger partial charge < -0.3 is 9.80 Å². The lowest BCUT2D eigenvalue weighted by Gasteiger charge is -2.23. The number of rotatable bonds is 4. The zero-order chi connectivity index (χ0) is 18.1. The van der Waals surface area contributed by atoms with Crippen LogP contribution in [-0.4, -0.2) is 58.5 Å². The van der Waals surface area contributed by atoms with Crippen molar-refractivity contribution in [2.24, 2.45) is 5.92 Å². The normalized spacial score (nSPS) is 20.6. The molecule has 2 atom stereocenters. The van der Waals surface area contributed by atoms with E-state index in [0.29, 0.717) is 22.9 Å². The van der Waals surface area contributed by atoms with Crippen LogP contribution in [0, 0.1) is 12.8 Å².